The van der Waals surface area contributed by atoms with Crippen LogP contribution in [0.2, 0.25) is 0 Å². The molecule has 0 spiro atoms. The molecule has 1 aromatic carbocycles. The molecule has 134 valence electrons. The minimum absolute atomic E-state index is 0.188. The zero-order chi connectivity index (χ0) is 18.5. The van der Waals surface area contributed by atoms with Crippen molar-refractivity contribution < 1.29 is 9.59 Å². The summed E-state index contributed by atoms with van der Waals surface area (Å²) in [4.78, 5) is 24.6. The van der Waals surface area contributed by atoms with Gasteiger partial charge in [0.2, 0.25) is 17.0 Å². The number of thioether (sulfide) groups is 1. The highest BCUT2D eigenvalue weighted by Crippen LogP contribution is 2.23. The van der Waals surface area contributed by atoms with Crippen molar-refractivity contribution in [2.75, 3.05) is 5.32 Å². The lowest BCUT2D eigenvalue weighted by atomic mass is 10.2. The molecule has 0 aliphatic carbocycles. The zero-order valence-corrected chi connectivity index (χ0v) is 15.5. The van der Waals surface area contributed by atoms with Crippen LogP contribution in [0.3, 0.4) is 0 Å². The second-order valence-electron chi connectivity index (χ2n) is 5.39. The monoisotopic (exact) mass is 388 g/mol. The van der Waals surface area contributed by atoms with Gasteiger partial charge in [0.25, 0.3) is 0 Å². The van der Waals surface area contributed by atoms with E-state index in [0.29, 0.717) is 23.0 Å². The molecule has 3 N–H and O–H groups in total. The van der Waals surface area contributed by atoms with E-state index in [1.54, 1.807) is 47.2 Å². The van der Waals surface area contributed by atoms with Gasteiger partial charge in [-0.3, -0.25) is 9.59 Å². The van der Waals surface area contributed by atoms with Crippen molar-refractivity contribution in [1.82, 2.24) is 20.2 Å². The normalized spacial score (nSPS) is 11.9. The Morgan fingerprint density at radius 3 is 2.73 bits per heavy atom. The molecule has 3 aromatic rings. The Morgan fingerprint density at radius 2 is 2.08 bits per heavy atom. The third-order valence-electron chi connectivity index (χ3n) is 3.47. The number of primary amides is 1. The number of carbonyl (C=O) groups excluding carboxylic acids is 2. The van der Waals surface area contributed by atoms with Crippen LogP contribution in [0.5, 0.6) is 0 Å². The number of anilines is 1. The average Bonchev–Trinajstić information content (AvgIpc) is 3.28. The summed E-state index contributed by atoms with van der Waals surface area (Å²) in [6.45, 7) is 2.35. The molecule has 0 bridgehead atoms. The van der Waals surface area contributed by atoms with Gasteiger partial charge < -0.3 is 11.1 Å². The number of hydrogen-bond donors (Lipinski definition) is 2. The number of benzene rings is 1. The van der Waals surface area contributed by atoms with Crippen LogP contribution in [0.4, 0.5) is 5.69 Å². The van der Waals surface area contributed by atoms with Crippen molar-refractivity contribution in [1.29, 1.82) is 0 Å². The molecule has 2 aromatic heterocycles. The van der Waals surface area contributed by atoms with Gasteiger partial charge in [-0.2, -0.15) is 0 Å². The van der Waals surface area contributed by atoms with Crippen molar-refractivity contribution in [3.05, 3.63) is 52.2 Å². The van der Waals surface area contributed by atoms with E-state index in [1.807, 2.05) is 17.5 Å². The van der Waals surface area contributed by atoms with Crippen LogP contribution in [-0.4, -0.2) is 37.3 Å². The van der Waals surface area contributed by atoms with Gasteiger partial charge in [-0.1, -0.05) is 17.8 Å². The van der Waals surface area contributed by atoms with Crippen LogP contribution in [0.15, 0.2) is 46.9 Å². The molecule has 8 nitrogen and oxygen atoms in total. The quantitative estimate of drug-likeness (QED) is 0.598. The number of amides is 2. The summed E-state index contributed by atoms with van der Waals surface area (Å²) in [5.41, 5.74) is 6.18. The fourth-order valence-electron chi connectivity index (χ4n) is 2.10. The molecular weight excluding hydrogens is 372 g/mol. The van der Waals surface area contributed by atoms with Crippen LogP contribution < -0.4 is 11.1 Å². The summed E-state index contributed by atoms with van der Waals surface area (Å²) in [6.07, 6.45) is 0. The van der Waals surface area contributed by atoms with Crippen molar-refractivity contribution >= 4 is 40.6 Å². The predicted molar refractivity (Wildman–Crippen MR) is 100 cm³/mol. The maximum Gasteiger partial charge on any atom is 0.248 e. The summed E-state index contributed by atoms with van der Waals surface area (Å²) < 4.78 is 1.67. The van der Waals surface area contributed by atoms with E-state index in [2.05, 4.69) is 20.8 Å². The van der Waals surface area contributed by atoms with Crippen molar-refractivity contribution in [3.8, 4) is 0 Å². The Hall–Kier alpha value is -2.72. The molecule has 0 aliphatic rings. The molecule has 0 radical (unpaired) electrons. The first kappa shape index (κ1) is 18.1. The fraction of sp³-hybridized carbons (Fsp3) is 0.188. The molecule has 3 rings (SSSR count). The van der Waals surface area contributed by atoms with Gasteiger partial charge >= 0.3 is 0 Å². The number of nitrogens with one attached hydrogen (secondary N) is 1. The Labute approximate surface area is 157 Å². The lowest BCUT2D eigenvalue weighted by Crippen LogP contribution is -2.23. The van der Waals surface area contributed by atoms with E-state index in [9.17, 15) is 9.59 Å². The van der Waals surface area contributed by atoms with Crippen LogP contribution in [0.1, 0.15) is 22.2 Å². The maximum absolute atomic E-state index is 12.4. The minimum Gasteiger partial charge on any atom is -0.366 e. The highest BCUT2D eigenvalue weighted by molar-refractivity contribution is 8.00. The third kappa shape index (κ3) is 4.46. The molecule has 2 heterocycles. The lowest BCUT2D eigenvalue weighted by Gasteiger charge is -2.11. The third-order valence-corrected chi connectivity index (χ3v) is 5.41. The highest BCUT2D eigenvalue weighted by Gasteiger charge is 2.19. The van der Waals surface area contributed by atoms with E-state index in [4.69, 9.17) is 5.73 Å². The number of aromatic nitrogens is 4. The second kappa shape index (κ2) is 8.11. The minimum atomic E-state index is -0.510. The van der Waals surface area contributed by atoms with Gasteiger partial charge in [0.05, 0.1) is 11.8 Å². The summed E-state index contributed by atoms with van der Waals surface area (Å²) in [5, 5.41) is 16.6. The van der Waals surface area contributed by atoms with Crippen LogP contribution in [0, 0.1) is 0 Å². The number of nitrogens with zero attached hydrogens (tertiary/aromatic N) is 4. The molecule has 1 atom stereocenters. The van der Waals surface area contributed by atoms with E-state index < -0.39 is 11.2 Å². The lowest BCUT2D eigenvalue weighted by molar-refractivity contribution is -0.115. The SMILES string of the molecule is CC(Sc1nnnn1Cc1cccs1)C(=O)Nc1ccc(C(N)=O)cc1. The number of thiophene rings is 1. The average molecular weight is 388 g/mol. The smallest absolute Gasteiger partial charge is 0.248 e. The van der Waals surface area contributed by atoms with Crippen molar-refractivity contribution in [3.63, 3.8) is 0 Å². The van der Waals surface area contributed by atoms with Gasteiger partial charge in [-0.15, -0.1) is 16.4 Å². The first-order chi connectivity index (χ1) is 12.5. The molecule has 0 saturated carbocycles. The molecule has 0 aliphatic heterocycles. The molecule has 1 unspecified atom stereocenters. The number of rotatable bonds is 7. The summed E-state index contributed by atoms with van der Waals surface area (Å²) in [6, 6.07) is 10.4. The van der Waals surface area contributed by atoms with Crippen molar-refractivity contribution in [2.45, 2.75) is 23.9 Å². The van der Waals surface area contributed by atoms with Crippen LogP contribution >= 0.6 is 23.1 Å². The first-order valence-electron chi connectivity index (χ1n) is 7.69. The van der Waals surface area contributed by atoms with Gasteiger partial charge in [0, 0.05) is 16.1 Å². The van der Waals surface area contributed by atoms with Gasteiger partial charge in [-0.25, -0.2) is 4.68 Å². The standard InChI is InChI=1S/C16H16N6O2S2/c1-10(15(24)18-12-6-4-11(5-7-12)14(17)23)26-16-19-20-21-22(16)9-13-3-2-8-25-13/h2-8,10H,9H2,1H3,(H2,17,23)(H,18,24). The molecule has 0 saturated heterocycles. The summed E-state index contributed by atoms with van der Waals surface area (Å²) in [7, 11) is 0. The number of carbonyl (C=O) groups is 2. The van der Waals surface area contributed by atoms with Gasteiger partial charge in [0.1, 0.15) is 0 Å². The Balaban J connectivity index is 1.61. The van der Waals surface area contributed by atoms with Crippen LogP contribution in [-0.2, 0) is 11.3 Å². The predicted octanol–water partition coefficient (Wildman–Crippen LogP) is 2.00. The zero-order valence-electron chi connectivity index (χ0n) is 13.8. The van der Waals surface area contributed by atoms with Gasteiger partial charge in [0.15, 0.2) is 0 Å². The van der Waals surface area contributed by atoms with E-state index in [-0.39, 0.29) is 5.91 Å². The number of nitrogens with two attached hydrogens (primary N) is 1. The maximum atomic E-state index is 12.4. The van der Waals surface area contributed by atoms with E-state index >= 15 is 0 Å². The van der Waals surface area contributed by atoms with E-state index in [0.717, 1.165) is 4.88 Å². The summed E-state index contributed by atoms with van der Waals surface area (Å²) in [5.74, 6) is -0.697. The molecule has 2 amide bonds. The molecular formula is C16H16N6O2S2. The largest absolute Gasteiger partial charge is 0.366 e. The van der Waals surface area contributed by atoms with Crippen molar-refractivity contribution in [2.24, 2.45) is 5.73 Å². The molecule has 26 heavy (non-hydrogen) atoms. The molecule has 0 fully saturated rings. The number of hydrogen-bond acceptors (Lipinski definition) is 7. The van der Waals surface area contributed by atoms with Crippen LogP contribution in [0.25, 0.3) is 0 Å². The highest BCUT2D eigenvalue weighted by atomic mass is 32.2. The Morgan fingerprint density at radius 1 is 1.31 bits per heavy atom. The second-order valence-corrected chi connectivity index (χ2v) is 7.73. The first-order valence-corrected chi connectivity index (χ1v) is 9.45. The topological polar surface area (TPSA) is 116 Å². The Kier molecular flexibility index (Phi) is 5.64. The van der Waals surface area contributed by atoms with Gasteiger partial charge in [-0.05, 0) is 53.1 Å². The summed E-state index contributed by atoms with van der Waals surface area (Å²) >= 11 is 2.90. The number of tetrazole rings is 1. The molecule has 10 heteroatoms. The Bertz CT molecular complexity index is 892. The fourth-order valence-corrected chi connectivity index (χ4v) is 3.58. The van der Waals surface area contributed by atoms with E-state index in [1.165, 1.54) is 11.8 Å².